The number of unbranched alkanes of at least 4 members (excludes halogenated alkanes) is 5. The van der Waals surface area contributed by atoms with Crippen LogP contribution in [0.1, 0.15) is 77.6 Å². The normalized spacial score (nSPS) is 21.8. The number of carbonyl (C=O) groups is 2. The monoisotopic (exact) mass is 297 g/mol. The summed E-state index contributed by atoms with van der Waals surface area (Å²) in [6.07, 6.45) is 11.3. The van der Waals surface area contributed by atoms with Gasteiger partial charge < -0.3 is 10.1 Å². The first kappa shape index (κ1) is 18.0. The molecule has 0 bridgehead atoms. The quantitative estimate of drug-likeness (QED) is 0.523. The summed E-state index contributed by atoms with van der Waals surface area (Å²) in [5, 5.41) is 3.11. The summed E-state index contributed by atoms with van der Waals surface area (Å²) < 4.78 is 4.77. The van der Waals surface area contributed by atoms with Gasteiger partial charge in [0.15, 0.2) is 0 Å². The second-order valence-corrected chi connectivity index (χ2v) is 6.16. The molecule has 0 atom stereocenters. The second kappa shape index (κ2) is 10.6. The molecule has 0 aliphatic heterocycles. The average molecular weight is 297 g/mol. The number of methoxy groups -OCH3 is 1. The second-order valence-electron chi connectivity index (χ2n) is 6.16. The van der Waals surface area contributed by atoms with Crippen LogP contribution < -0.4 is 5.32 Å². The van der Waals surface area contributed by atoms with Crippen LogP contribution in [0, 0.1) is 5.92 Å². The molecule has 0 aromatic heterocycles. The fourth-order valence-corrected chi connectivity index (χ4v) is 3.01. The summed E-state index contributed by atoms with van der Waals surface area (Å²) in [5.41, 5.74) is 0. The summed E-state index contributed by atoms with van der Waals surface area (Å²) in [6, 6.07) is 0.249. The minimum Gasteiger partial charge on any atom is -0.469 e. The molecule has 1 rings (SSSR count). The Bertz CT molecular complexity index is 309. The molecule has 21 heavy (non-hydrogen) atoms. The maximum Gasteiger partial charge on any atom is 0.308 e. The summed E-state index contributed by atoms with van der Waals surface area (Å²) in [5.74, 6) is 0.0978. The lowest BCUT2D eigenvalue weighted by atomic mass is 9.86. The summed E-state index contributed by atoms with van der Waals surface area (Å²) >= 11 is 0. The van der Waals surface area contributed by atoms with E-state index in [0.717, 1.165) is 38.5 Å². The number of nitrogens with one attached hydrogen (secondary N) is 1. The molecule has 1 aliphatic carbocycles. The molecule has 0 unspecified atom stereocenters. The number of hydrogen-bond acceptors (Lipinski definition) is 3. The highest BCUT2D eigenvalue weighted by Gasteiger charge is 2.27. The van der Waals surface area contributed by atoms with Crippen LogP contribution in [0.2, 0.25) is 0 Å². The van der Waals surface area contributed by atoms with Crippen molar-refractivity contribution in [2.24, 2.45) is 5.92 Å². The molecule has 0 radical (unpaired) electrons. The van der Waals surface area contributed by atoms with Crippen molar-refractivity contribution in [1.29, 1.82) is 0 Å². The van der Waals surface area contributed by atoms with Crippen LogP contribution in [0.4, 0.5) is 0 Å². The Balaban J connectivity index is 2.06. The molecule has 1 fully saturated rings. The van der Waals surface area contributed by atoms with Gasteiger partial charge >= 0.3 is 5.97 Å². The molecule has 0 aromatic carbocycles. The van der Waals surface area contributed by atoms with E-state index in [4.69, 9.17) is 4.74 Å². The maximum atomic E-state index is 11.9. The highest BCUT2D eigenvalue weighted by molar-refractivity contribution is 5.76. The van der Waals surface area contributed by atoms with Crippen molar-refractivity contribution in [2.75, 3.05) is 7.11 Å². The Labute approximate surface area is 129 Å². The molecule has 0 spiro atoms. The average Bonchev–Trinajstić information content (AvgIpc) is 2.50. The SMILES string of the molecule is CCCCCCCCC(=O)NC1CCC(C(=O)OC)CC1. The largest absolute Gasteiger partial charge is 0.469 e. The van der Waals surface area contributed by atoms with Crippen molar-refractivity contribution < 1.29 is 14.3 Å². The Morgan fingerprint density at radius 2 is 1.62 bits per heavy atom. The first-order valence-corrected chi connectivity index (χ1v) is 8.54. The molecular formula is C17H31NO3. The van der Waals surface area contributed by atoms with Crippen LogP contribution in [0.3, 0.4) is 0 Å². The van der Waals surface area contributed by atoms with Gasteiger partial charge in [0.25, 0.3) is 0 Å². The van der Waals surface area contributed by atoms with Gasteiger partial charge in [0.1, 0.15) is 0 Å². The van der Waals surface area contributed by atoms with E-state index in [1.54, 1.807) is 0 Å². The molecule has 0 saturated heterocycles. The predicted octanol–water partition coefficient (Wildman–Crippen LogP) is 3.59. The lowest BCUT2D eigenvalue weighted by Crippen LogP contribution is -2.38. The molecule has 1 amide bonds. The van der Waals surface area contributed by atoms with E-state index < -0.39 is 0 Å². The summed E-state index contributed by atoms with van der Waals surface area (Å²) in [4.78, 5) is 23.3. The molecule has 0 aromatic rings. The van der Waals surface area contributed by atoms with Crippen LogP contribution in [0.5, 0.6) is 0 Å². The fourth-order valence-electron chi connectivity index (χ4n) is 3.01. The predicted molar refractivity (Wildman–Crippen MR) is 83.9 cm³/mol. The molecule has 122 valence electrons. The highest BCUT2D eigenvalue weighted by Crippen LogP contribution is 2.25. The van der Waals surface area contributed by atoms with Gasteiger partial charge in [-0.1, -0.05) is 39.0 Å². The highest BCUT2D eigenvalue weighted by atomic mass is 16.5. The van der Waals surface area contributed by atoms with Gasteiger partial charge in [-0.3, -0.25) is 9.59 Å². The topological polar surface area (TPSA) is 55.4 Å². The van der Waals surface area contributed by atoms with Crippen molar-refractivity contribution in [3.8, 4) is 0 Å². The number of amides is 1. The minimum atomic E-state index is -0.105. The Kier molecular flexibility index (Phi) is 9.11. The van der Waals surface area contributed by atoms with Crippen LogP contribution >= 0.6 is 0 Å². The van der Waals surface area contributed by atoms with Crippen LogP contribution in [-0.2, 0) is 14.3 Å². The van der Waals surface area contributed by atoms with Gasteiger partial charge in [-0.15, -0.1) is 0 Å². The zero-order valence-corrected chi connectivity index (χ0v) is 13.7. The van der Waals surface area contributed by atoms with Gasteiger partial charge in [0.2, 0.25) is 5.91 Å². The van der Waals surface area contributed by atoms with E-state index in [9.17, 15) is 9.59 Å². The summed E-state index contributed by atoms with van der Waals surface area (Å²) in [6.45, 7) is 2.21. The van der Waals surface area contributed by atoms with E-state index in [0.29, 0.717) is 6.42 Å². The number of ether oxygens (including phenoxy) is 1. The first-order chi connectivity index (χ1) is 10.2. The van der Waals surface area contributed by atoms with E-state index in [1.807, 2.05) is 0 Å². The van der Waals surface area contributed by atoms with Crippen molar-refractivity contribution in [3.63, 3.8) is 0 Å². The number of carbonyl (C=O) groups excluding carboxylic acids is 2. The third-order valence-corrected chi connectivity index (χ3v) is 4.38. The minimum absolute atomic E-state index is 0.0294. The van der Waals surface area contributed by atoms with Gasteiger partial charge in [0.05, 0.1) is 13.0 Å². The Morgan fingerprint density at radius 1 is 1.00 bits per heavy atom. The standard InChI is InChI=1S/C17H31NO3/c1-3-4-5-6-7-8-9-16(19)18-15-12-10-14(11-13-15)17(20)21-2/h14-15H,3-13H2,1-2H3,(H,18,19). The molecule has 0 heterocycles. The zero-order chi connectivity index (χ0) is 15.5. The van der Waals surface area contributed by atoms with Crippen molar-refractivity contribution in [1.82, 2.24) is 5.32 Å². The zero-order valence-electron chi connectivity index (χ0n) is 13.7. The number of rotatable bonds is 9. The lowest BCUT2D eigenvalue weighted by molar-refractivity contribution is -0.146. The molecular weight excluding hydrogens is 266 g/mol. The molecule has 1 N–H and O–H groups in total. The molecule has 1 aliphatic rings. The number of hydrogen-bond donors (Lipinski definition) is 1. The van der Waals surface area contributed by atoms with Crippen LogP contribution in [-0.4, -0.2) is 25.0 Å². The summed E-state index contributed by atoms with van der Waals surface area (Å²) in [7, 11) is 1.44. The van der Waals surface area contributed by atoms with Gasteiger partial charge in [0, 0.05) is 12.5 Å². The van der Waals surface area contributed by atoms with Crippen molar-refractivity contribution in [3.05, 3.63) is 0 Å². The van der Waals surface area contributed by atoms with Gasteiger partial charge in [-0.05, 0) is 32.1 Å². The Hall–Kier alpha value is -1.06. The molecule has 1 saturated carbocycles. The van der Waals surface area contributed by atoms with Crippen molar-refractivity contribution >= 4 is 11.9 Å². The third kappa shape index (κ3) is 7.49. The first-order valence-electron chi connectivity index (χ1n) is 8.54. The smallest absolute Gasteiger partial charge is 0.308 e. The Morgan fingerprint density at radius 3 is 2.24 bits per heavy atom. The molecule has 4 nitrogen and oxygen atoms in total. The van der Waals surface area contributed by atoms with E-state index in [2.05, 4.69) is 12.2 Å². The third-order valence-electron chi connectivity index (χ3n) is 4.38. The number of esters is 1. The maximum absolute atomic E-state index is 11.9. The van der Waals surface area contributed by atoms with Crippen LogP contribution in [0.15, 0.2) is 0 Å². The van der Waals surface area contributed by atoms with Crippen molar-refractivity contribution in [2.45, 2.75) is 83.6 Å². The molecule has 4 heteroatoms. The van der Waals surface area contributed by atoms with E-state index >= 15 is 0 Å². The van der Waals surface area contributed by atoms with E-state index in [-0.39, 0.29) is 23.8 Å². The van der Waals surface area contributed by atoms with Gasteiger partial charge in [-0.25, -0.2) is 0 Å². The van der Waals surface area contributed by atoms with Gasteiger partial charge in [-0.2, -0.15) is 0 Å². The fraction of sp³-hybridized carbons (Fsp3) is 0.882. The van der Waals surface area contributed by atoms with Crippen LogP contribution in [0.25, 0.3) is 0 Å². The van der Waals surface area contributed by atoms with E-state index in [1.165, 1.54) is 32.8 Å². The lowest BCUT2D eigenvalue weighted by Gasteiger charge is -2.27.